The van der Waals surface area contributed by atoms with Crippen LogP contribution >= 0.6 is 0 Å². The third kappa shape index (κ3) is 43.7. The van der Waals surface area contributed by atoms with Crippen molar-refractivity contribution >= 4 is 11.9 Å². The van der Waals surface area contributed by atoms with Gasteiger partial charge in [-0.1, -0.05) is 222 Å². The van der Waals surface area contributed by atoms with Gasteiger partial charge in [0.2, 0.25) is 5.91 Å². The second kappa shape index (κ2) is 48.3. The second-order valence-corrected chi connectivity index (χ2v) is 17.2. The van der Waals surface area contributed by atoms with Crippen molar-refractivity contribution in [3.05, 3.63) is 72.9 Å². The fourth-order valence-electron chi connectivity index (χ4n) is 7.39. The molecule has 0 saturated heterocycles. The zero-order chi connectivity index (χ0) is 44.5. The number of aliphatic hydroxyl groups is 2. The molecule has 0 aliphatic carbocycles. The molecule has 352 valence electrons. The van der Waals surface area contributed by atoms with E-state index in [1.807, 2.05) is 6.08 Å². The lowest BCUT2D eigenvalue weighted by atomic mass is 10.0. The first-order valence-corrected chi connectivity index (χ1v) is 25.7. The van der Waals surface area contributed by atoms with Gasteiger partial charge < -0.3 is 20.3 Å². The van der Waals surface area contributed by atoms with E-state index in [1.54, 1.807) is 6.08 Å². The number of unbranched alkanes of at least 4 members (excludes halogenated alkanes) is 23. The monoisotopic (exact) mass is 852 g/mol. The number of amides is 1. The van der Waals surface area contributed by atoms with Crippen molar-refractivity contribution in [2.75, 3.05) is 6.61 Å². The summed E-state index contributed by atoms with van der Waals surface area (Å²) < 4.78 is 5.82. The van der Waals surface area contributed by atoms with Crippen molar-refractivity contribution in [3.63, 3.8) is 0 Å². The Kier molecular flexibility index (Phi) is 46.2. The molecular formula is C55H97NO5. The van der Waals surface area contributed by atoms with E-state index < -0.39 is 18.2 Å². The molecule has 0 aliphatic rings. The van der Waals surface area contributed by atoms with Crippen LogP contribution in [0.15, 0.2) is 72.9 Å². The first-order valence-electron chi connectivity index (χ1n) is 25.7. The van der Waals surface area contributed by atoms with Gasteiger partial charge in [-0.25, -0.2) is 0 Å². The van der Waals surface area contributed by atoms with E-state index in [2.05, 4.69) is 86.8 Å². The summed E-state index contributed by atoms with van der Waals surface area (Å²) in [6.07, 6.45) is 61.5. The molecule has 0 radical (unpaired) electrons. The van der Waals surface area contributed by atoms with Crippen LogP contribution in [-0.2, 0) is 14.3 Å². The van der Waals surface area contributed by atoms with Gasteiger partial charge >= 0.3 is 5.97 Å². The highest BCUT2D eigenvalue weighted by atomic mass is 16.5. The normalized spacial score (nSPS) is 13.9. The maximum absolute atomic E-state index is 13.1. The van der Waals surface area contributed by atoms with Crippen LogP contribution in [0.25, 0.3) is 0 Å². The Balaban J connectivity index is 4.66. The van der Waals surface area contributed by atoms with Gasteiger partial charge in [0.15, 0.2) is 0 Å². The van der Waals surface area contributed by atoms with Crippen molar-refractivity contribution < 1.29 is 24.5 Å². The van der Waals surface area contributed by atoms with Crippen molar-refractivity contribution in [1.29, 1.82) is 0 Å². The van der Waals surface area contributed by atoms with Crippen molar-refractivity contribution in [2.24, 2.45) is 0 Å². The molecule has 0 rings (SSSR count). The lowest BCUT2D eigenvalue weighted by Crippen LogP contribution is -2.46. The first kappa shape index (κ1) is 58.3. The van der Waals surface area contributed by atoms with Crippen LogP contribution in [0.2, 0.25) is 0 Å². The van der Waals surface area contributed by atoms with Gasteiger partial charge in [-0.15, -0.1) is 0 Å². The smallest absolute Gasteiger partial charge is 0.306 e. The molecule has 6 nitrogen and oxygen atoms in total. The van der Waals surface area contributed by atoms with E-state index in [0.29, 0.717) is 19.3 Å². The van der Waals surface area contributed by atoms with Gasteiger partial charge in [0.05, 0.1) is 25.2 Å². The second-order valence-electron chi connectivity index (χ2n) is 17.2. The van der Waals surface area contributed by atoms with Crippen LogP contribution in [0.1, 0.15) is 239 Å². The van der Waals surface area contributed by atoms with Crippen LogP contribution in [0.4, 0.5) is 0 Å². The zero-order valence-corrected chi connectivity index (χ0v) is 40.0. The molecule has 6 heteroatoms. The number of esters is 1. The van der Waals surface area contributed by atoms with E-state index in [1.165, 1.54) is 128 Å². The first-order chi connectivity index (χ1) is 30.0. The van der Waals surface area contributed by atoms with E-state index in [4.69, 9.17) is 4.74 Å². The number of hydrogen-bond acceptors (Lipinski definition) is 5. The lowest BCUT2D eigenvalue weighted by Gasteiger charge is -2.23. The maximum Gasteiger partial charge on any atom is 0.306 e. The number of allylic oxidation sites excluding steroid dienone is 11. The molecule has 3 unspecified atom stereocenters. The number of carbonyl (C=O) groups is 2. The summed E-state index contributed by atoms with van der Waals surface area (Å²) in [5.74, 6) is -0.632. The number of rotatable bonds is 45. The molecule has 0 fully saturated rings. The molecule has 0 spiro atoms. The summed E-state index contributed by atoms with van der Waals surface area (Å²) >= 11 is 0. The van der Waals surface area contributed by atoms with Gasteiger partial charge in [0.1, 0.15) is 6.10 Å². The van der Waals surface area contributed by atoms with Crippen molar-refractivity contribution in [3.8, 4) is 0 Å². The Bertz CT molecular complexity index is 1140. The summed E-state index contributed by atoms with van der Waals surface area (Å²) in [7, 11) is 0. The molecule has 3 N–H and O–H groups in total. The Morgan fingerprint density at radius 2 is 0.918 bits per heavy atom. The number of aliphatic hydroxyl groups excluding tert-OH is 2. The van der Waals surface area contributed by atoms with Gasteiger partial charge in [-0.2, -0.15) is 0 Å². The number of nitrogens with one attached hydrogen (secondary N) is 1. The van der Waals surface area contributed by atoms with E-state index >= 15 is 0 Å². The molecule has 0 bridgehead atoms. The zero-order valence-electron chi connectivity index (χ0n) is 40.0. The Labute approximate surface area is 377 Å². The fraction of sp³-hybridized carbons (Fsp3) is 0.745. The van der Waals surface area contributed by atoms with Crippen LogP contribution in [0, 0.1) is 0 Å². The number of ether oxygens (including phenoxy) is 1. The third-order valence-corrected chi connectivity index (χ3v) is 11.3. The Morgan fingerprint density at radius 3 is 1.38 bits per heavy atom. The molecule has 0 saturated carbocycles. The van der Waals surface area contributed by atoms with Gasteiger partial charge in [0, 0.05) is 6.42 Å². The quantitative estimate of drug-likeness (QED) is 0.0322. The summed E-state index contributed by atoms with van der Waals surface area (Å²) in [4.78, 5) is 26.0. The molecule has 0 aromatic carbocycles. The minimum Gasteiger partial charge on any atom is -0.458 e. The van der Waals surface area contributed by atoms with Crippen molar-refractivity contribution in [1.82, 2.24) is 5.32 Å². The predicted molar refractivity (Wildman–Crippen MR) is 264 cm³/mol. The van der Waals surface area contributed by atoms with Gasteiger partial charge in [-0.05, 0) is 76.7 Å². The van der Waals surface area contributed by atoms with Gasteiger partial charge in [0.25, 0.3) is 0 Å². The van der Waals surface area contributed by atoms with Gasteiger partial charge in [-0.3, -0.25) is 9.59 Å². The molecule has 0 heterocycles. The molecule has 61 heavy (non-hydrogen) atoms. The van der Waals surface area contributed by atoms with Crippen LogP contribution in [0.3, 0.4) is 0 Å². The summed E-state index contributed by atoms with van der Waals surface area (Å²) in [6, 6.07) is -0.743. The fourth-order valence-corrected chi connectivity index (χ4v) is 7.39. The van der Waals surface area contributed by atoms with E-state index in [-0.39, 0.29) is 24.9 Å². The third-order valence-electron chi connectivity index (χ3n) is 11.3. The SMILES string of the molecule is CC/C=C/C/C=C/C/C=C/C/C=C/C/C=C/C(CC(=O)NC(CO)C(O)CCCCCCCCCCC)OC(=O)CCCCCCCCCCC/C=C/CCCCCCCC. The van der Waals surface area contributed by atoms with Crippen LogP contribution in [-0.4, -0.2) is 46.9 Å². The van der Waals surface area contributed by atoms with E-state index in [0.717, 1.165) is 64.2 Å². The highest BCUT2D eigenvalue weighted by Gasteiger charge is 2.23. The molecule has 0 aromatic heterocycles. The summed E-state index contributed by atoms with van der Waals surface area (Å²) in [5, 5.41) is 23.6. The molecule has 0 aliphatic heterocycles. The Morgan fingerprint density at radius 1 is 0.508 bits per heavy atom. The van der Waals surface area contributed by atoms with Crippen LogP contribution < -0.4 is 5.32 Å². The van der Waals surface area contributed by atoms with E-state index in [9.17, 15) is 19.8 Å². The predicted octanol–water partition coefficient (Wildman–Crippen LogP) is 15.4. The van der Waals surface area contributed by atoms with Crippen LogP contribution in [0.5, 0.6) is 0 Å². The Hall–Kier alpha value is -2.70. The average Bonchev–Trinajstić information content (AvgIpc) is 3.25. The summed E-state index contributed by atoms with van der Waals surface area (Å²) in [5.41, 5.74) is 0. The maximum atomic E-state index is 13.1. The molecular weight excluding hydrogens is 755 g/mol. The lowest BCUT2D eigenvalue weighted by molar-refractivity contribution is -0.148. The highest BCUT2D eigenvalue weighted by Crippen LogP contribution is 2.15. The standard InChI is InChI=1S/C55H97NO5/c1-4-7-10-13-16-19-21-23-25-26-27-28-29-31-33-36-39-42-45-48-55(60)61-51(46-43-40-37-35-32-30-24-22-20-17-14-11-8-5-2)49-54(59)56-52(50-57)53(58)47-44-41-38-34-18-15-12-9-6-3/h8,11,17,20,23-25,30,35,37,43,46,51-53,57-58H,4-7,9-10,12-16,18-19,21-22,26-29,31-34,36,38-42,44-45,47-50H2,1-3H3,(H,56,59)/b11-8+,20-17+,25-23+,30-24+,37-35+,46-43+. The molecule has 0 aromatic rings. The minimum atomic E-state index is -0.819. The average molecular weight is 852 g/mol. The topological polar surface area (TPSA) is 95.9 Å². The molecule has 1 amide bonds. The largest absolute Gasteiger partial charge is 0.458 e. The van der Waals surface area contributed by atoms with Crippen molar-refractivity contribution in [2.45, 2.75) is 257 Å². The molecule has 3 atom stereocenters. The summed E-state index contributed by atoms with van der Waals surface area (Å²) in [6.45, 7) is 6.31. The number of carbonyl (C=O) groups excluding carboxylic acids is 2. The highest BCUT2D eigenvalue weighted by molar-refractivity contribution is 5.78. The minimum absolute atomic E-state index is 0.0484. The number of hydrogen-bond donors (Lipinski definition) is 3.